The molecule has 3 N–H and O–H groups in total. The molecule has 0 aliphatic rings. The Hall–Kier alpha value is -3.01. The molecule has 0 bridgehead atoms. The summed E-state index contributed by atoms with van der Waals surface area (Å²) in [7, 11) is 0. The molecule has 1 amide bonds. The topological polar surface area (TPSA) is 102 Å². The number of nitrogens with zero attached hydrogens (tertiary/aromatic N) is 1. The van der Waals surface area contributed by atoms with Crippen LogP contribution in [0, 0.1) is 11.3 Å². The summed E-state index contributed by atoms with van der Waals surface area (Å²) in [4.78, 5) is 22.9. The van der Waals surface area contributed by atoms with E-state index in [-0.39, 0.29) is 26.9 Å². The number of nitrogens with one attached hydrogen (secondary N) is 2. The van der Waals surface area contributed by atoms with Crippen molar-refractivity contribution in [2.45, 2.75) is 0 Å². The van der Waals surface area contributed by atoms with Crippen LogP contribution in [0.3, 0.4) is 0 Å². The van der Waals surface area contributed by atoms with Crippen molar-refractivity contribution in [3.05, 3.63) is 69.8 Å². The molecular formula is C17H11Cl2N3O3. The average molecular weight is 376 g/mol. The predicted octanol–water partition coefficient (Wildman–Crippen LogP) is 4.15. The summed E-state index contributed by atoms with van der Waals surface area (Å²) in [5.41, 5.74) is 0.735. The molecule has 0 heterocycles. The van der Waals surface area contributed by atoms with Gasteiger partial charge in [0.25, 0.3) is 5.91 Å². The lowest BCUT2D eigenvalue weighted by atomic mass is 10.2. The average Bonchev–Trinajstić information content (AvgIpc) is 2.60. The zero-order valence-electron chi connectivity index (χ0n) is 12.6. The van der Waals surface area contributed by atoms with Crippen LogP contribution in [0.5, 0.6) is 0 Å². The number of carboxylic acid groups (broad SMARTS) is 1. The first-order chi connectivity index (χ1) is 11.9. The molecule has 0 aliphatic carbocycles. The van der Waals surface area contributed by atoms with Gasteiger partial charge in [-0.25, -0.2) is 4.79 Å². The van der Waals surface area contributed by atoms with Crippen LogP contribution < -0.4 is 10.6 Å². The second-order valence-corrected chi connectivity index (χ2v) is 5.54. The quantitative estimate of drug-likeness (QED) is 0.538. The molecule has 0 atom stereocenters. The first-order valence-corrected chi connectivity index (χ1v) is 7.63. The van der Waals surface area contributed by atoms with Gasteiger partial charge in [-0.2, -0.15) is 5.26 Å². The number of aromatic carboxylic acids is 1. The van der Waals surface area contributed by atoms with Crippen LogP contribution in [0.1, 0.15) is 10.4 Å². The van der Waals surface area contributed by atoms with E-state index in [1.54, 1.807) is 24.3 Å². The Kier molecular flexibility index (Phi) is 6.01. The van der Waals surface area contributed by atoms with E-state index in [4.69, 9.17) is 33.6 Å². The van der Waals surface area contributed by atoms with Crippen LogP contribution in [-0.4, -0.2) is 17.0 Å². The second-order valence-electron chi connectivity index (χ2n) is 4.75. The maximum absolute atomic E-state index is 12.2. The molecule has 6 nitrogen and oxygen atoms in total. The highest BCUT2D eigenvalue weighted by Gasteiger charge is 2.12. The Balaban J connectivity index is 2.11. The third-order valence-electron chi connectivity index (χ3n) is 3.08. The van der Waals surface area contributed by atoms with E-state index in [1.165, 1.54) is 30.5 Å². The fourth-order valence-electron chi connectivity index (χ4n) is 1.80. The van der Waals surface area contributed by atoms with Gasteiger partial charge in [0.2, 0.25) is 0 Å². The van der Waals surface area contributed by atoms with Crippen LogP contribution in [-0.2, 0) is 4.79 Å². The molecular weight excluding hydrogens is 365 g/mol. The fraction of sp³-hybridized carbons (Fsp3) is 0. The number of anilines is 2. The molecule has 0 fully saturated rings. The number of carbonyl (C=O) groups excluding carboxylic acids is 1. The van der Waals surface area contributed by atoms with Gasteiger partial charge in [0.05, 0.1) is 21.3 Å². The molecule has 2 aromatic carbocycles. The van der Waals surface area contributed by atoms with Gasteiger partial charge in [0, 0.05) is 11.9 Å². The van der Waals surface area contributed by atoms with E-state index >= 15 is 0 Å². The molecule has 0 saturated heterocycles. The molecule has 0 aromatic heterocycles. The molecule has 25 heavy (non-hydrogen) atoms. The minimum absolute atomic E-state index is 0.128. The summed E-state index contributed by atoms with van der Waals surface area (Å²) in [5.74, 6) is -1.71. The molecule has 8 heteroatoms. The van der Waals surface area contributed by atoms with E-state index < -0.39 is 11.9 Å². The number of halogens is 2. The zero-order chi connectivity index (χ0) is 18.4. The van der Waals surface area contributed by atoms with Gasteiger partial charge in [0.1, 0.15) is 11.6 Å². The van der Waals surface area contributed by atoms with Crippen LogP contribution in [0.4, 0.5) is 11.4 Å². The van der Waals surface area contributed by atoms with Crippen molar-refractivity contribution < 1.29 is 14.7 Å². The summed E-state index contributed by atoms with van der Waals surface area (Å²) < 4.78 is 0. The molecule has 0 aliphatic heterocycles. The van der Waals surface area contributed by atoms with Crippen LogP contribution in [0.2, 0.25) is 10.0 Å². The lowest BCUT2D eigenvalue weighted by molar-refractivity contribution is -0.112. The number of amides is 1. The Bertz CT molecular complexity index is 887. The first-order valence-electron chi connectivity index (χ1n) is 6.88. The molecule has 0 unspecified atom stereocenters. The van der Waals surface area contributed by atoms with E-state index in [1.807, 2.05) is 0 Å². The van der Waals surface area contributed by atoms with Crippen LogP contribution in [0.25, 0.3) is 0 Å². The van der Waals surface area contributed by atoms with Gasteiger partial charge in [-0.3, -0.25) is 4.79 Å². The Morgan fingerprint density at radius 1 is 1.12 bits per heavy atom. The third-order valence-corrected chi connectivity index (χ3v) is 3.90. The minimum Gasteiger partial charge on any atom is -0.478 e. The highest BCUT2D eigenvalue weighted by atomic mass is 35.5. The van der Waals surface area contributed by atoms with Crippen molar-refractivity contribution in [1.82, 2.24) is 0 Å². The van der Waals surface area contributed by atoms with Gasteiger partial charge < -0.3 is 15.7 Å². The van der Waals surface area contributed by atoms with Crippen molar-refractivity contribution in [1.29, 1.82) is 5.26 Å². The lowest BCUT2D eigenvalue weighted by Gasteiger charge is -2.08. The summed E-state index contributed by atoms with van der Waals surface area (Å²) >= 11 is 11.9. The van der Waals surface area contributed by atoms with Crippen molar-refractivity contribution in [3.8, 4) is 6.07 Å². The molecule has 0 radical (unpaired) electrons. The smallest absolute Gasteiger partial charge is 0.335 e. The first kappa shape index (κ1) is 18.3. The maximum Gasteiger partial charge on any atom is 0.335 e. The van der Waals surface area contributed by atoms with Crippen molar-refractivity contribution in [2.75, 3.05) is 10.6 Å². The van der Waals surface area contributed by atoms with Crippen molar-refractivity contribution in [2.24, 2.45) is 0 Å². The number of carboxylic acids is 1. The number of hydrogen-bond donors (Lipinski definition) is 3. The third kappa shape index (κ3) is 4.73. The summed E-state index contributed by atoms with van der Waals surface area (Å²) in [6.07, 6.45) is 1.21. The summed E-state index contributed by atoms with van der Waals surface area (Å²) in [6.45, 7) is 0. The number of benzene rings is 2. The number of nitriles is 1. The lowest BCUT2D eigenvalue weighted by Crippen LogP contribution is -2.15. The maximum atomic E-state index is 12.2. The highest BCUT2D eigenvalue weighted by molar-refractivity contribution is 6.44. The SMILES string of the molecule is N#C/C(=C/Nc1ccc(C(=O)O)cc1)C(=O)Nc1cccc(Cl)c1Cl. The van der Waals surface area contributed by atoms with Gasteiger partial charge in [-0.05, 0) is 36.4 Å². The summed E-state index contributed by atoms with van der Waals surface area (Å²) in [5, 5.41) is 23.7. The number of rotatable bonds is 5. The van der Waals surface area contributed by atoms with Gasteiger partial charge >= 0.3 is 5.97 Å². The van der Waals surface area contributed by atoms with Crippen molar-refractivity contribution in [3.63, 3.8) is 0 Å². The molecule has 126 valence electrons. The molecule has 2 rings (SSSR count). The number of hydrogen-bond acceptors (Lipinski definition) is 4. The summed E-state index contributed by atoms with van der Waals surface area (Å²) in [6, 6.07) is 12.3. The Morgan fingerprint density at radius 2 is 1.80 bits per heavy atom. The predicted molar refractivity (Wildman–Crippen MR) is 95.8 cm³/mol. The van der Waals surface area contributed by atoms with E-state index in [0.717, 1.165) is 0 Å². The van der Waals surface area contributed by atoms with Crippen molar-refractivity contribution >= 4 is 46.5 Å². The van der Waals surface area contributed by atoms with E-state index in [9.17, 15) is 9.59 Å². The van der Waals surface area contributed by atoms with Crippen LogP contribution >= 0.6 is 23.2 Å². The van der Waals surface area contributed by atoms with Crippen LogP contribution in [0.15, 0.2) is 54.2 Å². The number of carbonyl (C=O) groups is 2. The van der Waals surface area contributed by atoms with E-state index in [2.05, 4.69) is 10.6 Å². The van der Waals surface area contributed by atoms with Gasteiger partial charge in [-0.15, -0.1) is 0 Å². The second kappa shape index (κ2) is 8.20. The molecule has 2 aromatic rings. The van der Waals surface area contributed by atoms with Gasteiger partial charge in [0.15, 0.2) is 0 Å². The standard InChI is InChI=1S/C17H11Cl2N3O3/c18-13-2-1-3-14(15(13)19)22-16(23)11(8-20)9-21-12-6-4-10(5-7-12)17(24)25/h1-7,9,21H,(H,22,23)(H,24,25)/b11-9-. The van der Waals surface area contributed by atoms with Gasteiger partial charge in [-0.1, -0.05) is 29.3 Å². The normalized spacial score (nSPS) is 10.7. The largest absolute Gasteiger partial charge is 0.478 e. The highest BCUT2D eigenvalue weighted by Crippen LogP contribution is 2.29. The monoisotopic (exact) mass is 375 g/mol. The Labute approximate surface area is 153 Å². The fourth-order valence-corrected chi connectivity index (χ4v) is 2.15. The minimum atomic E-state index is -1.04. The Morgan fingerprint density at radius 3 is 2.40 bits per heavy atom. The molecule has 0 spiro atoms. The zero-order valence-corrected chi connectivity index (χ0v) is 14.1. The molecule has 0 saturated carbocycles. The van der Waals surface area contributed by atoms with E-state index in [0.29, 0.717) is 5.69 Å².